The third-order valence-corrected chi connectivity index (χ3v) is 5.50. The molecule has 2 aromatic rings. The highest BCUT2D eigenvalue weighted by atomic mass is 32.2. The molecule has 0 aliphatic heterocycles. The Balaban J connectivity index is 2.16. The van der Waals surface area contributed by atoms with Gasteiger partial charge in [0.05, 0.1) is 25.3 Å². The summed E-state index contributed by atoms with van der Waals surface area (Å²) in [6, 6.07) is 10.9. The fraction of sp³-hybridized carbons (Fsp3) is 0.222. The summed E-state index contributed by atoms with van der Waals surface area (Å²) >= 11 is 0. The van der Waals surface area contributed by atoms with Gasteiger partial charge in [0.2, 0.25) is 10.0 Å². The average Bonchev–Trinajstić information content (AvgIpc) is 2.67. The van der Waals surface area contributed by atoms with Gasteiger partial charge in [0.25, 0.3) is 5.91 Å². The van der Waals surface area contributed by atoms with Crippen LogP contribution in [0.5, 0.6) is 11.5 Å². The van der Waals surface area contributed by atoms with E-state index < -0.39 is 15.9 Å². The highest BCUT2D eigenvalue weighted by molar-refractivity contribution is 7.89. The summed E-state index contributed by atoms with van der Waals surface area (Å²) in [6.45, 7) is 0. The van der Waals surface area contributed by atoms with Crippen molar-refractivity contribution in [2.24, 2.45) is 5.10 Å². The first-order valence-electron chi connectivity index (χ1n) is 7.87. The highest BCUT2D eigenvalue weighted by Gasteiger charge is 2.18. The quantitative estimate of drug-likeness (QED) is 0.573. The number of amides is 1. The van der Waals surface area contributed by atoms with Crippen molar-refractivity contribution in [1.29, 1.82) is 0 Å². The molecule has 0 aliphatic rings. The van der Waals surface area contributed by atoms with Crippen molar-refractivity contribution in [2.75, 3.05) is 28.3 Å². The maximum atomic E-state index is 12.3. The predicted octanol–water partition coefficient (Wildman–Crippen LogP) is 1.72. The van der Waals surface area contributed by atoms with Gasteiger partial charge in [-0.15, -0.1) is 0 Å². The summed E-state index contributed by atoms with van der Waals surface area (Å²) < 4.78 is 35.8. The number of nitrogens with zero attached hydrogens (tertiary/aromatic N) is 2. The lowest BCUT2D eigenvalue weighted by Crippen LogP contribution is -2.23. The lowest BCUT2D eigenvalue weighted by molar-refractivity contribution is 0.0955. The predicted molar refractivity (Wildman–Crippen MR) is 102 cm³/mol. The molecule has 0 radical (unpaired) electrons. The van der Waals surface area contributed by atoms with Gasteiger partial charge in [-0.05, 0) is 30.3 Å². The summed E-state index contributed by atoms with van der Waals surface area (Å²) in [4.78, 5) is 12.3. The van der Waals surface area contributed by atoms with Crippen LogP contribution in [0.15, 0.2) is 52.5 Å². The first kappa shape index (κ1) is 20.4. The van der Waals surface area contributed by atoms with Gasteiger partial charge in [-0.25, -0.2) is 18.1 Å². The van der Waals surface area contributed by atoms with Crippen LogP contribution in [-0.4, -0.2) is 53.2 Å². The van der Waals surface area contributed by atoms with Crippen molar-refractivity contribution in [1.82, 2.24) is 9.73 Å². The minimum absolute atomic E-state index is 0.0287. The number of hydrazone groups is 1. The Morgan fingerprint density at radius 2 is 1.85 bits per heavy atom. The molecule has 0 aliphatic carbocycles. The van der Waals surface area contributed by atoms with Crippen LogP contribution >= 0.6 is 0 Å². The minimum Gasteiger partial charge on any atom is -0.497 e. The summed E-state index contributed by atoms with van der Waals surface area (Å²) in [5.41, 5.74) is 3.19. The topological polar surface area (TPSA) is 97.3 Å². The molecule has 0 atom stereocenters. The second-order valence-electron chi connectivity index (χ2n) is 5.62. The third kappa shape index (κ3) is 4.83. The van der Waals surface area contributed by atoms with Gasteiger partial charge in [-0.1, -0.05) is 6.07 Å². The maximum absolute atomic E-state index is 12.3. The van der Waals surface area contributed by atoms with Gasteiger partial charge in [-0.3, -0.25) is 4.79 Å². The van der Waals surface area contributed by atoms with Crippen LogP contribution < -0.4 is 14.9 Å². The second kappa shape index (κ2) is 8.65. The molecule has 9 heteroatoms. The molecule has 144 valence electrons. The van der Waals surface area contributed by atoms with E-state index in [2.05, 4.69) is 10.5 Å². The number of hydrogen-bond acceptors (Lipinski definition) is 6. The van der Waals surface area contributed by atoms with Crippen LogP contribution in [0, 0.1) is 0 Å². The molecule has 0 saturated carbocycles. The summed E-state index contributed by atoms with van der Waals surface area (Å²) in [7, 11) is 2.29. The smallest absolute Gasteiger partial charge is 0.271 e. The Kier molecular flexibility index (Phi) is 6.54. The number of nitrogens with one attached hydrogen (secondary N) is 1. The molecule has 1 amide bonds. The summed E-state index contributed by atoms with van der Waals surface area (Å²) in [5.74, 6) is 0.632. The molecule has 2 aromatic carbocycles. The number of sulfonamides is 1. The van der Waals surface area contributed by atoms with E-state index in [4.69, 9.17) is 9.47 Å². The van der Waals surface area contributed by atoms with E-state index in [0.717, 1.165) is 4.31 Å². The van der Waals surface area contributed by atoms with E-state index in [-0.39, 0.29) is 10.5 Å². The molecule has 27 heavy (non-hydrogen) atoms. The largest absolute Gasteiger partial charge is 0.497 e. The summed E-state index contributed by atoms with van der Waals surface area (Å²) in [6.07, 6.45) is 1.43. The normalized spacial score (nSPS) is 11.6. The number of hydrogen-bond donors (Lipinski definition) is 1. The first-order valence-corrected chi connectivity index (χ1v) is 9.31. The van der Waals surface area contributed by atoms with Crippen LogP contribution in [0.25, 0.3) is 0 Å². The number of ether oxygens (including phenoxy) is 2. The zero-order valence-corrected chi connectivity index (χ0v) is 16.3. The van der Waals surface area contributed by atoms with Crippen molar-refractivity contribution in [3.05, 3.63) is 53.6 Å². The number of carbonyl (C=O) groups excluding carboxylic acids is 1. The Hall–Kier alpha value is -2.91. The van der Waals surface area contributed by atoms with Crippen molar-refractivity contribution in [3.8, 4) is 11.5 Å². The van der Waals surface area contributed by atoms with Crippen molar-refractivity contribution >= 4 is 22.1 Å². The molecule has 0 saturated heterocycles. The zero-order valence-electron chi connectivity index (χ0n) is 15.5. The van der Waals surface area contributed by atoms with Gasteiger partial charge in [0.15, 0.2) is 0 Å². The Bertz CT molecular complexity index is 955. The number of carbonyl (C=O) groups is 1. The first-order chi connectivity index (χ1) is 12.8. The van der Waals surface area contributed by atoms with Crippen LogP contribution in [0.1, 0.15) is 15.9 Å². The number of rotatable bonds is 7. The van der Waals surface area contributed by atoms with E-state index >= 15 is 0 Å². The van der Waals surface area contributed by atoms with Crippen LogP contribution in [0.3, 0.4) is 0 Å². The lowest BCUT2D eigenvalue weighted by Gasteiger charge is -2.11. The monoisotopic (exact) mass is 391 g/mol. The van der Waals surface area contributed by atoms with Crippen LogP contribution in [0.4, 0.5) is 0 Å². The van der Waals surface area contributed by atoms with Crippen molar-refractivity contribution in [2.45, 2.75) is 4.90 Å². The van der Waals surface area contributed by atoms with E-state index in [1.165, 1.54) is 51.7 Å². The highest BCUT2D eigenvalue weighted by Crippen LogP contribution is 2.23. The van der Waals surface area contributed by atoms with Gasteiger partial charge in [0.1, 0.15) is 11.5 Å². The van der Waals surface area contributed by atoms with Crippen molar-refractivity contribution < 1.29 is 22.7 Å². The Morgan fingerprint density at radius 3 is 2.48 bits per heavy atom. The Labute approximate surface area is 158 Å². The maximum Gasteiger partial charge on any atom is 0.271 e. The van der Waals surface area contributed by atoms with Crippen molar-refractivity contribution in [3.63, 3.8) is 0 Å². The number of benzene rings is 2. The lowest BCUT2D eigenvalue weighted by atomic mass is 10.2. The molecule has 0 bridgehead atoms. The van der Waals surface area contributed by atoms with Gasteiger partial charge in [0, 0.05) is 31.3 Å². The number of methoxy groups -OCH3 is 2. The van der Waals surface area contributed by atoms with Gasteiger partial charge >= 0.3 is 0 Å². The molecule has 0 spiro atoms. The van der Waals surface area contributed by atoms with Gasteiger partial charge < -0.3 is 9.47 Å². The van der Waals surface area contributed by atoms with Crippen LogP contribution in [-0.2, 0) is 10.0 Å². The molecular weight excluding hydrogens is 370 g/mol. The van der Waals surface area contributed by atoms with E-state index in [9.17, 15) is 13.2 Å². The van der Waals surface area contributed by atoms with E-state index in [1.807, 2.05) is 0 Å². The molecule has 0 aromatic heterocycles. The molecule has 0 fully saturated rings. The molecular formula is C18H21N3O5S. The fourth-order valence-corrected chi connectivity index (χ4v) is 3.11. The van der Waals surface area contributed by atoms with E-state index in [0.29, 0.717) is 17.1 Å². The Morgan fingerprint density at radius 1 is 1.11 bits per heavy atom. The third-order valence-electron chi connectivity index (χ3n) is 3.69. The molecule has 0 heterocycles. The molecule has 2 rings (SSSR count). The summed E-state index contributed by atoms with van der Waals surface area (Å²) in [5, 5.41) is 3.90. The standard InChI is InChI=1S/C18H21N3O5S/c1-21(2)27(23,24)16-7-5-6-13(10-16)18(22)20-19-12-14-8-9-15(25-3)11-17(14)26-4/h5-12H,1-4H3,(H,20,22)/b19-12-. The average molecular weight is 391 g/mol. The molecule has 1 N–H and O–H groups in total. The van der Waals surface area contributed by atoms with Crippen LogP contribution in [0.2, 0.25) is 0 Å². The fourth-order valence-electron chi connectivity index (χ4n) is 2.16. The molecule has 0 unspecified atom stereocenters. The minimum atomic E-state index is -3.63. The SMILES string of the molecule is COc1ccc(/C=N\NC(=O)c2cccc(S(=O)(=O)N(C)C)c2)c(OC)c1. The zero-order chi connectivity index (χ0) is 20.0. The molecule has 8 nitrogen and oxygen atoms in total. The second-order valence-corrected chi connectivity index (χ2v) is 7.77. The van der Waals surface area contributed by atoms with E-state index in [1.54, 1.807) is 25.3 Å². The van der Waals surface area contributed by atoms with Gasteiger partial charge in [-0.2, -0.15) is 5.10 Å².